The van der Waals surface area contributed by atoms with Crippen molar-refractivity contribution in [3.05, 3.63) is 23.8 Å². The lowest BCUT2D eigenvalue weighted by Crippen LogP contribution is -2.19. The topological polar surface area (TPSA) is 105 Å². The van der Waals surface area contributed by atoms with Crippen LogP contribution >= 0.6 is 0 Å². The second-order valence-electron chi connectivity index (χ2n) is 8.80. The molecule has 1 aromatic carbocycles. The molecule has 8 heteroatoms. The summed E-state index contributed by atoms with van der Waals surface area (Å²) < 4.78 is 21.3. The van der Waals surface area contributed by atoms with Crippen LogP contribution in [-0.4, -0.2) is 36.1 Å². The van der Waals surface area contributed by atoms with Gasteiger partial charge in [-0.1, -0.05) is 26.2 Å². The van der Waals surface area contributed by atoms with Crippen LogP contribution in [-0.2, 0) is 35.1 Å². The predicted molar refractivity (Wildman–Crippen MR) is 131 cm³/mol. The smallest absolute Gasteiger partial charge is 0.308 e. The van der Waals surface area contributed by atoms with Gasteiger partial charge >= 0.3 is 23.9 Å². The first-order chi connectivity index (χ1) is 16.6. The molecule has 0 aliphatic heterocycles. The third-order valence-electron chi connectivity index (χ3n) is 5.27. The largest absolute Gasteiger partial charge is 0.463 e. The molecular formula is C27H40O8. The third kappa shape index (κ3) is 14.9. The number of rotatable bonds is 16. The monoisotopic (exact) mass is 492 g/mol. The third-order valence-corrected chi connectivity index (χ3v) is 5.27. The Morgan fingerprint density at radius 1 is 0.629 bits per heavy atom. The van der Waals surface area contributed by atoms with Gasteiger partial charge in [0.1, 0.15) is 23.7 Å². The lowest BCUT2D eigenvalue weighted by Gasteiger charge is -2.19. The summed E-state index contributed by atoms with van der Waals surface area (Å²) in [4.78, 5) is 45.8. The highest BCUT2D eigenvalue weighted by Crippen LogP contribution is 2.26. The number of hydrogen-bond acceptors (Lipinski definition) is 8. The number of carbonyl (C=O) groups excluding carboxylic acids is 4. The molecule has 0 aromatic heterocycles. The Balaban J connectivity index is 2.71. The van der Waals surface area contributed by atoms with Gasteiger partial charge in [-0.3, -0.25) is 19.2 Å². The van der Waals surface area contributed by atoms with Crippen LogP contribution in [0.15, 0.2) is 18.2 Å². The lowest BCUT2D eigenvalue weighted by atomic mass is 10.00. The Bertz CT molecular complexity index is 798. The minimum absolute atomic E-state index is 0.0490. The van der Waals surface area contributed by atoms with Gasteiger partial charge in [0, 0.05) is 40.2 Å². The van der Waals surface area contributed by atoms with Gasteiger partial charge in [0.15, 0.2) is 0 Å². The molecule has 0 spiro atoms. The number of carbonyl (C=O) groups is 4. The van der Waals surface area contributed by atoms with E-state index in [4.69, 9.17) is 18.9 Å². The van der Waals surface area contributed by atoms with E-state index in [0.717, 1.165) is 56.9 Å². The standard InChI is InChI=1S/C27H40O8/c1-6-7-9-12-24(32-19(2)28)13-10-8-11-14-25(33-20(3)29)15-23-16-26(34-21(4)30)18-27(17-23)35-22(5)31/h16-18,24-25H,6-15H2,1-5H3. The first kappa shape index (κ1) is 30.1. The lowest BCUT2D eigenvalue weighted by molar-refractivity contribution is -0.147. The predicted octanol–water partition coefficient (Wildman–Crippen LogP) is 5.47. The molecule has 2 atom stereocenters. The highest BCUT2D eigenvalue weighted by Gasteiger charge is 2.17. The van der Waals surface area contributed by atoms with Crippen LogP contribution in [0.1, 0.15) is 98.0 Å². The van der Waals surface area contributed by atoms with Crippen molar-refractivity contribution < 1.29 is 38.1 Å². The van der Waals surface area contributed by atoms with E-state index < -0.39 is 11.9 Å². The zero-order valence-electron chi connectivity index (χ0n) is 21.7. The van der Waals surface area contributed by atoms with Gasteiger partial charge in [-0.05, 0) is 56.2 Å². The maximum Gasteiger partial charge on any atom is 0.308 e. The van der Waals surface area contributed by atoms with E-state index >= 15 is 0 Å². The highest BCUT2D eigenvalue weighted by molar-refractivity contribution is 5.71. The maximum atomic E-state index is 11.7. The van der Waals surface area contributed by atoms with Crippen LogP contribution < -0.4 is 9.47 Å². The van der Waals surface area contributed by atoms with Crippen LogP contribution in [0.5, 0.6) is 11.5 Å². The summed E-state index contributed by atoms with van der Waals surface area (Å²) >= 11 is 0. The first-order valence-corrected chi connectivity index (χ1v) is 12.4. The molecule has 0 N–H and O–H groups in total. The summed E-state index contributed by atoms with van der Waals surface area (Å²) in [6, 6.07) is 4.81. The highest BCUT2D eigenvalue weighted by atomic mass is 16.6. The maximum absolute atomic E-state index is 11.7. The van der Waals surface area contributed by atoms with Crippen molar-refractivity contribution in [1.82, 2.24) is 0 Å². The van der Waals surface area contributed by atoms with Gasteiger partial charge in [0.2, 0.25) is 0 Å². The van der Waals surface area contributed by atoms with E-state index in [2.05, 4.69) is 6.92 Å². The van der Waals surface area contributed by atoms with Crippen molar-refractivity contribution >= 4 is 23.9 Å². The van der Waals surface area contributed by atoms with E-state index in [9.17, 15) is 19.2 Å². The molecule has 1 aromatic rings. The summed E-state index contributed by atoms with van der Waals surface area (Å²) in [5, 5.41) is 0. The summed E-state index contributed by atoms with van der Waals surface area (Å²) in [5.74, 6) is -1.09. The molecule has 0 aliphatic carbocycles. The van der Waals surface area contributed by atoms with Gasteiger partial charge in [0.05, 0.1) is 0 Å². The average molecular weight is 493 g/mol. The molecule has 196 valence electrons. The van der Waals surface area contributed by atoms with Gasteiger partial charge in [-0.2, -0.15) is 0 Å². The Morgan fingerprint density at radius 3 is 1.54 bits per heavy atom. The minimum Gasteiger partial charge on any atom is -0.463 e. The molecule has 0 bridgehead atoms. The van der Waals surface area contributed by atoms with Crippen molar-refractivity contribution in [2.45, 2.75) is 111 Å². The fourth-order valence-electron chi connectivity index (χ4n) is 3.94. The summed E-state index contributed by atoms with van der Waals surface area (Å²) in [5.41, 5.74) is 0.720. The van der Waals surface area contributed by atoms with E-state index in [1.54, 1.807) is 12.1 Å². The SMILES string of the molecule is CCCCCC(CCCCCC(Cc1cc(OC(C)=O)cc(OC(C)=O)c1)OC(C)=O)OC(C)=O. The van der Waals surface area contributed by atoms with Gasteiger partial charge in [0.25, 0.3) is 0 Å². The van der Waals surface area contributed by atoms with Gasteiger partial charge in [-0.25, -0.2) is 0 Å². The second-order valence-corrected chi connectivity index (χ2v) is 8.80. The van der Waals surface area contributed by atoms with Crippen LogP contribution in [0, 0.1) is 0 Å². The molecular weight excluding hydrogens is 452 g/mol. The van der Waals surface area contributed by atoms with E-state index in [1.165, 1.54) is 33.8 Å². The minimum atomic E-state index is -0.491. The molecule has 0 saturated heterocycles. The summed E-state index contributed by atoms with van der Waals surface area (Å²) in [6.07, 6.45) is 8.26. The molecule has 0 saturated carbocycles. The molecule has 2 unspecified atom stereocenters. The van der Waals surface area contributed by atoms with Gasteiger partial charge < -0.3 is 18.9 Å². The average Bonchev–Trinajstić information content (AvgIpc) is 2.71. The van der Waals surface area contributed by atoms with Crippen molar-refractivity contribution in [1.29, 1.82) is 0 Å². The number of benzene rings is 1. The molecule has 8 nitrogen and oxygen atoms in total. The summed E-state index contributed by atoms with van der Waals surface area (Å²) in [6.45, 7) is 7.53. The van der Waals surface area contributed by atoms with E-state index in [1.807, 2.05) is 0 Å². The molecule has 0 aliphatic rings. The quantitative estimate of drug-likeness (QED) is 0.170. The molecule has 0 radical (unpaired) electrons. The fourth-order valence-corrected chi connectivity index (χ4v) is 3.94. The Labute approximate surface area is 208 Å². The zero-order valence-corrected chi connectivity index (χ0v) is 21.7. The van der Waals surface area contributed by atoms with E-state index in [-0.39, 0.29) is 35.6 Å². The normalized spacial score (nSPS) is 12.4. The number of hydrogen-bond donors (Lipinski definition) is 0. The molecule has 1 rings (SSSR count). The Hall–Kier alpha value is -2.90. The van der Waals surface area contributed by atoms with Crippen LogP contribution in [0.25, 0.3) is 0 Å². The van der Waals surface area contributed by atoms with Crippen LogP contribution in [0.2, 0.25) is 0 Å². The van der Waals surface area contributed by atoms with Crippen molar-refractivity contribution in [2.24, 2.45) is 0 Å². The second kappa shape index (κ2) is 16.7. The van der Waals surface area contributed by atoms with E-state index in [0.29, 0.717) is 12.8 Å². The first-order valence-electron chi connectivity index (χ1n) is 12.4. The molecule has 35 heavy (non-hydrogen) atoms. The number of ether oxygens (including phenoxy) is 4. The van der Waals surface area contributed by atoms with Gasteiger partial charge in [-0.15, -0.1) is 0 Å². The molecule has 0 heterocycles. The van der Waals surface area contributed by atoms with Crippen molar-refractivity contribution in [3.8, 4) is 11.5 Å². The van der Waals surface area contributed by atoms with Crippen molar-refractivity contribution in [2.75, 3.05) is 0 Å². The van der Waals surface area contributed by atoms with Crippen molar-refractivity contribution in [3.63, 3.8) is 0 Å². The molecule has 0 amide bonds. The Morgan fingerprint density at radius 2 is 1.09 bits per heavy atom. The number of unbranched alkanes of at least 4 members (excludes halogenated alkanes) is 4. The Kier molecular flexibility index (Phi) is 14.4. The van der Waals surface area contributed by atoms with Crippen LogP contribution in [0.4, 0.5) is 0 Å². The van der Waals surface area contributed by atoms with Crippen LogP contribution in [0.3, 0.4) is 0 Å². The zero-order chi connectivity index (χ0) is 26.2. The molecule has 0 fully saturated rings. The fraction of sp³-hybridized carbons (Fsp3) is 0.630. The number of esters is 4. The summed E-state index contributed by atoms with van der Waals surface area (Å²) in [7, 11) is 0.